The second kappa shape index (κ2) is 7.55. The molecule has 0 bridgehead atoms. The molecule has 0 fully saturated rings. The number of hydrogen-bond donors (Lipinski definition) is 0. The summed E-state index contributed by atoms with van der Waals surface area (Å²) in [4.78, 5) is 25.1. The Morgan fingerprint density at radius 2 is 2.04 bits per heavy atom. The van der Waals surface area contributed by atoms with Gasteiger partial charge < -0.3 is 9.47 Å². The third-order valence-electron chi connectivity index (χ3n) is 3.49. The standard InChI is InChI=1S/C18H18O4S/c1-4-5-8-11-22-18(21-2)12-15(17(20)23-3)13-9-6-7-10-14(13)16(18)19/h4-10,12H,1,11H2,2-3H3/b8-5+. The molecule has 0 spiro atoms. The van der Waals surface area contributed by atoms with Crippen LogP contribution >= 0.6 is 11.8 Å². The van der Waals surface area contributed by atoms with E-state index in [9.17, 15) is 9.59 Å². The molecule has 1 atom stereocenters. The van der Waals surface area contributed by atoms with Crippen LogP contribution in [0.25, 0.3) is 5.57 Å². The van der Waals surface area contributed by atoms with Crippen molar-refractivity contribution in [2.75, 3.05) is 20.0 Å². The van der Waals surface area contributed by atoms with Gasteiger partial charge >= 0.3 is 0 Å². The summed E-state index contributed by atoms with van der Waals surface area (Å²) in [7, 11) is 1.39. The van der Waals surface area contributed by atoms with Crippen molar-refractivity contribution >= 4 is 28.2 Å². The van der Waals surface area contributed by atoms with Gasteiger partial charge in [0.2, 0.25) is 10.9 Å². The van der Waals surface area contributed by atoms with E-state index in [0.717, 1.165) is 11.8 Å². The number of allylic oxidation sites excluding steroid dienone is 2. The van der Waals surface area contributed by atoms with E-state index in [-0.39, 0.29) is 17.5 Å². The molecule has 0 radical (unpaired) electrons. The Morgan fingerprint density at radius 1 is 1.35 bits per heavy atom. The number of fused-ring (bicyclic) bond motifs is 1. The minimum absolute atomic E-state index is 0.142. The summed E-state index contributed by atoms with van der Waals surface area (Å²) < 4.78 is 11.1. The maximum Gasteiger partial charge on any atom is 0.255 e. The topological polar surface area (TPSA) is 52.6 Å². The number of ether oxygens (including phenoxy) is 2. The van der Waals surface area contributed by atoms with Gasteiger partial charge in [0.25, 0.3) is 5.79 Å². The molecule has 0 amide bonds. The predicted molar refractivity (Wildman–Crippen MR) is 92.3 cm³/mol. The maximum absolute atomic E-state index is 12.8. The van der Waals surface area contributed by atoms with Crippen molar-refractivity contribution in [1.29, 1.82) is 0 Å². The summed E-state index contributed by atoms with van der Waals surface area (Å²) in [5.41, 5.74) is 1.44. The Morgan fingerprint density at radius 3 is 2.65 bits per heavy atom. The quantitative estimate of drug-likeness (QED) is 0.592. The van der Waals surface area contributed by atoms with Gasteiger partial charge in [-0.2, -0.15) is 0 Å². The third kappa shape index (κ3) is 3.37. The third-order valence-corrected chi connectivity index (χ3v) is 4.08. The zero-order valence-corrected chi connectivity index (χ0v) is 13.9. The molecular weight excluding hydrogens is 312 g/mol. The number of rotatable bonds is 6. The zero-order chi connectivity index (χ0) is 16.9. The number of thioether (sulfide) groups is 1. The Kier molecular flexibility index (Phi) is 5.71. The lowest BCUT2D eigenvalue weighted by Gasteiger charge is -2.32. The predicted octanol–water partition coefficient (Wildman–Crippen LogP) is 3.26. The molecule has 2 rings (SSSR count). The van der Waals surface area contributed by atoms with Crippen molar-refractivity contribution in [1.82, 2.24) is 0 Å². The molecule has 5 heteroatoms. The summed E-state index contributed by atoms with van der Waals surface area (Å²) in [5, 5.41) is -0.142. The van der Waals surface area contributed by atoms with Gasteiger partial charge in [-0.1, -0.05) is 60.8 Å². The smallest absolute Gasteiger partial charge is 0.255 e. The van der Waals surface area contributed by atoms with Gasteiger partial charge in [0.15, 0.2) is 0 Å². The largest absolute Gasteiger partial charge is 0.343 e. The van der Waals surface area contributed by atoms with E-state index in [1.165, 1.54) is 13.2 Å². The molecule has 1 unspecified atom stereocenters. The molecule has 120 valence electrons. The lowest BCUT2D eigenvalue weighted by molar-refractivity contribution is -0.146. The first-order valence-corrected chi connectivity index (χ1v) is 8.24. The van der Waals surface area contributed by atoms with Crippen LogP contribution in [0.5, 0.6) is 0 Å². The van der Waals surface area contributed by atoms with Crippen LogP contribution in [-0.2, 0) is 14.3 Å². The summed E-state index contributed by atoms with van der Waals surface area (Å²) in [6, 6.07) is 6.97. The Hall–Kier alpha value is -1.95. The van der Waals surface area contributed by atoms with E-state index < -0.39 is 5.79 Å². The normalized spacial score (nSPS) is 20.3. The molecule has 0 heterocycles. The molecule has 1 aliphatic rings. The first-order chi connectivity index (χ1) is 11.1. The fourth-order valence-corrected chi connectivity index (χ4v) is 2.75. The molecule has 0 aromatic heterocycles. The number of ketones is 1. The highest BCUT2D eigenvalue weighted by Crippen LogP contribution is 2.36. The van der Waals surface area contributed by atoms with Crippen LogP contribution in [0.2, 0.25) is 0 Å². The average molecular weight is 330 g/mol. The summed E-state index contributed by atoms with van der Waals surface area (Å²) in [6.45, 7) is 3.73. The first kappa shape index (κ1) is 17.4. The van der Waals surface area contributed by atoms with Gasteiger partial charge in [-0.25, -0.2) is 0 Å². The van der Waals surface area contributed by atoms with Crippen LogP contribution in [0.1, 0.15) is 15.9 Å². The van der Waals surface area contributed by atoms with Crippen LogP contribution in [-0.4, -0.2) is 36.7 Å². The molecule has 1 aromatic carbocycles. The molecule has 1 aliphatic carbocycles. The molecule has 4 nitrogen and oxygen atoms in total. The van der Waals surface area contributed by atoms with Gasteiger partial charge in [-0.05, 0) is 17.9 Å². The molecule has 0 aliphatic heterocycles. The Bertz CT molecular complexity index is 690. The fourth-order valence-electron chi connectivity index (χ4n) is 2.36. The number of benzene rings is 1. The maximum atomic E-state index is 12.8. The highest BCUT2D eigenvalue weighted by molar-refractivity contribution is 8.14. The van der Waals surface area contributed by atoms with Crippen LogP contribution in [0, 0.1) is 0 Å². The van der Waals surface area contributed by atoms with Gasteiger partial charge in [-0.3, -0.25) is 9.59 Å². The molecule has 0 saturated heterocycles. The number of carbonyl (C=O) groups excluding carboxylic acids is 2. The van der Waals surface area contributed by atoms with Crippen molar-refractivity contribution in [2.45, 2.75) is 5.79 Å². The molecule has 23 heavy (non-hydrogen) atoms. The van der Waals surface area contributed by atoms with Gasteiger partial charge in [0.1, 0.15) is 0 Å². The summed E-state index contributed by atoms with van der Waals surface area (Å²) in [5.74, 6) is -1.92. The minimum Gasteiger partial charge on any atom is -0.343 e. The van der Waals surface area contributed by atoms with Crippen LogP contribution in [0.15, 0.2) is 55.1 Å². The van der Waals surface area contributed by atoms with E-state index in [4.69, 9.17) is 9.47 Å². The lowest BCUT2D eigenvalue weighted by Crippen LogP contribution is -2.45. The van der Waals surface area contributed by atoms with Crippen LogP contribution in [0.3, 0.4) is 0 Å². The van der Waals surface area contributed by atoms with Crippen LogP contribution < -0.4 is 0 Å². The lowest BCUT2D eigenvalue weighted by atomic mass is 9.86. The van der Waals surface area contributed by atoms with Gasteiger partial charge in [0.05, 0.1) is 6.61 Å². The van der Waals surface area contributed by atoms with E-state index in [1.807, 2.05) is 0 Å². The Balaban J connectivity index is 2.50. The van der Waals surface area contributed by atoms with Crippen molar-refractivity contribution in [2.24, 2.45) is 0 Å². The Labute approximate surface area is 139 Å². The van der Waals surface area contributed by atoms with E-state index in [2.05, 4.69) is 6.58 Å². The van der Waals surface area contributed by atoms with Crippen molar-refractivity contribution < 1.29 is 19.1 Å². The van der Waals surface area contributed by atoms with E-state index >= 15 is 0 Å². The monoisotopic (exact) mass is 330 g/mol. The van der Waals surface area contributed by atoms with Crippen molar-refractivity contribution in [3.05, 3.63) is 66.3 Å². The van der Waals surface area contributed by atoms with Gasteiger partial charge in [0, 0.05) is 18.2 Å². The highest BCUT2D eigenvalue weighted by atomic mass is 32.2. The number of carbonyl (C=O) groups is 2. The molecular formula is C18H18O4S. The molecule has 0 N–H and O–H groups in total. The summed E-state index contributed by atoms with van der Waals surface area (Å²) >= 11 is 1.08. The minimum atomic E-state index is -1.60. The second-order valence-corrected chi connectivity index (χ2v) is 5.55. The van der Waals surface area contributed by atoms with Crippen molar-refractivity contribution in [3.8, 4) is 0 Å². The SMILES string of the molecule is C=C/C=C/COC1(OC)C=C(C(=O)SC)c2ccccc2C1=O. The average Bonchev–Trinajstić information content (AvgIpc) is 2.60. The fraction of sp³-hybridized carbons (Fsp3) is 0.222. The van der Waals surface area contributed by atoms with Gasteiger partial charge in [-0.15, -0.1) is 0 Å². The molecule has 0 saturated carbocycles. The first-order valence-electron chi connectivity index (χ1n) is 7.01. The molecule has 1 aromatic rings. The van der Waals surface area contributed by atoms with Crippen molar-refractivity contribution in [3.63, 3.8) is 0 Å². The van der Waals surface area contributed by atoms with Crippen LogP contribution in [0.4, 0.5) is 0 Å². The second-order valence-electron chi connectivity index (χ2n) is 4.77. The number of methoxy groups -OCH3 is 1. The van der Waals surface area contributed by atoms with E-state index in [0.29, 0.717) is 16.7 Å². The number of hydrogen-bond acceptors (Lipinski definition) is 5. The highest BCUT2D eigenvalue weighted by Gasteiger charge is 2.44. The zero-order valence-electron chi connectivity index (χ0n) is 13.1. The number of Topliss-reactive ketones (excluding diaryl/α,β-unsaturated/α-hetero) is 1. The van der Waals surface area contributed by atoms with E-state index in [1.54, 1.807) is 48.7 Å². The summed E-state index contributed by atoms with van der Waals surface area (Å²) in [6.07, 6.45) is 8.20.